The van der Waals surface area contributed by atoms with Gasteiger partial charge in [0, 0.05) is 23.7 Å². The number of anilines is 1. The van der Waals surface area contributed by atoms with Crippen LogP contribution in [0.15, 0.2) is 24.4 Å². The standard InChI is InChI=1S/C15H21N3S/c1-10-5-6-14(11(2)7-10)12(3)18(4)9-13-8-17-15(16)19-13/h5-8,12H,9H2,1-4H3,(H2,16,17). The maximum atomic E-state index is 5.67. The molecule has 0 aliphatic carbocycles. The highest BCUT2D eigenvalue weighted by molar-refractivity contribution is 7.15. The number of nitrogen functional groups attached to an aromatic ring is 1. The summed E-state index contributed by atoms with van der Waals surface area (Å²) in [6.07, 6.45) is 1.87. The average molecular weight is 275 g/mol. The van der Waals surface area contributed by atoms with Gasteiger partial charge in [0.05, 0.1) is 0 Å². The molecule has 2 rings (SSSR count). The van der Waals surface area contributed by atoms with Crippen LogP contribution in [0.2, 0.25) is 0 Å². The molecule has 19 heavy (non-hydrogen) atoms. The molecule has 0 aliphatic rings. The minimum absolute atomic E-state index is 0.379. The van der Waals surface area contributed by atoms with Crippen LogP contribution >= 0.6 is 11.3 Å². The zero-order valence-electron chi connectivity index (χ0n) is 12.0. The largest absolute Gasteiger partial charge is 0.375 e. The zero-order valence-corrected chi connectivity index (χ0v) is 12.8. The van der Waals surface area contributed by atoms with Crippen LogP contribution in [0.1, 0.15) is 34.5 Å². The highest BCUT2D eigenvalue weighted by Crippen LogP contribution is 2.26. The first-order valence-electron chi connectivity index (χ1n) is 6.45. The molecule has 0 fully saturated rings. The van der Waals surface area contributed by atoms with Crippen molar-refractivity contribution in [1.29, 1.82) is 0 Å². The topological polar surface area (TPSA) is 42.2 Å². The lowest BCUT2D eigenvalue weighted by molar-refractivity contribution is 0.254. The van der Waals surface area contributed by atoms with E-state index in [2.05, 4.69) is 55.9 Å². The summed E-state index contributed by atoms with van der Waals surface area (Å²) in [5.74, 6) is 0. The monoisotopic (exact) mass is 275 g/mol. The molecule has 1 unspecified atom stereocenters. The Balaban J connectivity index is 2.12. The van der Waals surface area contributed by atoms with Crippen molar-refractivity contribution >= 4 is 16.5 Å². The number of rotatable bonds is 4. The molecule has 0 radical (unpaired) electrons. The molecular formula is C15H21N3S. The molecule has 4 heteroatoms. The summed E-state index contributed by atoms with van der Waals surface area (Å²) >= 11 is 1.56. The van der Waals surface area contributed by atoms with E-state index in [0.29, 0.717) is 11.2 Å². The first kappa shape index (κ1) is 14.0. The number of aromatic nitrogens is 1. The van der Waals surface area contributed by atoms with E-state index < -0.39 is 0 Å². The summed E-state index contributed by atoms with van der Waals surface area (Å²) in [7, 11) is 2.14. The molecular weight excluding hydrogens is 254 g/mol. The van der Waals surface area contributed by atoms with Crippen molar-refractivity contribution in [2.75, 3.05) is 12.8 Å². The normalized spacial score (nSPS) is 12.9. The Morgan fingerprint density at radius 1 is 1.37 bits per heavy atom. The van der Waals surface area contributed by atoms with Gasteiger partial charge in [0.25, 0.3) is 0 Å². The molecule has 1 atom stereocenters. The van der Waals surface area contributed by atoms with E-state index in [1.807, 2.05) is 6.20 Å². The van der Waals surface area contributed by atoms with Gasteiger partial charge in [0.1, 0.15) is 0 Å². The van der Waals surface area contributed by atoms with Crippen LogP contribution in [0.3, 0.4) is 0 Å². The number of benzene rings is 1. The fraction of sp³-hybridized carbons (Fsp3) is 0.400. The summed E-state index contributed by atoms with van der Waals surface area (Å²) in [6, 6.07) is 7.03. The van der Waals surface area contributed by atoms with Crippen LogP contribution in [-0.2, 0) is 6.54 Å². The second-order valence-corrected chi connectivity index (χ2v) is 6.26. The van der Waals surface area contributed by atoms with E-state index in [9.17, 15) is 0 Å². The van der Waals surface area contributed by atoms with Crippen LogP contribution in [0.4, 0.5) is 5.13 Å². The molecule has 0 aliphatic heterocycles. The zero-order chi connectivity index (χ0) is 14.0. The lowest BCUT2D eigenvalue weighted by Gasteiger charge is -2.26. The van der Waals surface area contributed by atoms with Gasteiger partial charge in [-0.1, -0.05) is 23.8 Å². The number of nitrogens with two attached hydrogens (primary N) is 1. The first-order chi connectivity index (χ1) is 8.97. The molecule has 2 aromatic rings. The quantitative estimate of drug-likeness (QED) is 0.928. The predicted octanol–water partition coefficient (Wildman–Crippen LogP) is 3.54. The fourth-order valence-electron chi connectivity index (χ4n) is 2.31. The van der Waals surface area contributed by atoms with Gasteiger partial charge in [0.15, 0.2) is 5.13 Å². The van der Waals surface area contributed by atoms with Crippen molar-refractivity contribution in [3.8, 4) is 0 Å². The Kier molecular flexibility index (Phi) is 4.22. The minimum atomic E-state index is 0.379. The van der Waals surface area contributed by atoms with E-state index in [4.69, 9.17) is 5.73 Å². The van der Waals surface area contributed by atoms with E-state index >= 15 is 0 Å². The van der Waals surface area contributed by atoms with Gasteiger partial charge < -0.3 is 5.73 Å². The molecule has 1 heterocycles. The third kappa shape index (κ3) is 3.33. The summed E-state index contributed by atoms with van der Waals surface area (Å²) in [5, 5.41) is 0.641. The van der Waals surface area contributed by atoms with Crippen molar-refractivity contribution in [2.24, 2.45) is 0 Å². The fourth-order valence-corrected chi connectivity index (χ4v) is 3.06. The second-order valence-electron chi connectivity index (χ2n) is 5.12. The van der Waals surface area contributed by atoms with Gasteiger partial charge >= 0.3 is 0 Å². The Morgan fingerprint density at radius 2 is 2.11 bits per heavy atom. The molecule has 0 saturated carbocycles. The maximum Gasteiger partial charge on any atom is 0.180 e. The highest BCUT2D eigenvalue weighted by Gasteiger charge is 2.15. The highest BCUT2D eigenvalue weighted by atomic mass is 32.1. The molecule has 0 saturated heterocycles. The van der Waals surface area contributed by atoms with Gasteiger partial charge in [-0.25, -0.2) is 4.98 Å². The Bertz CT molecular complexity index is 562. The molecule has 0 bridgehead atoms. The lowest BCUT2D eigenvalue weighted by atomic mass is 9.99. The van der Waals surface area contributed by atoms with Crippen LogP contribution in [0.5, 0.6) is 0 Å². The second kappa shape index (κ2) is 5.72. The van der Waals surface area contributed by atoms with Crippen molar-refractivity contribution < 1.29 is 0 Å². The van der Waals surface area contributed by atoms with Gasteiger partial charge in [-0.3, -0.25) is 4.90 Å². The van der Waals surface area contributed by atoms with Crippen molar-refractivity contribution in [3.05, 3.63) is 46.0 Å². The van der Waals surface area contributed by atoms with E-state index in [-0.39, 0.29) is 0 Å². The van der Waals surface area contributed by atoms with Crippen molar-refractivity contribution in [2.45, 2.75) is 33.4 Å². The van der Waals surface area contributed by atoms with Crippen molar-refractivity contribution in [3.63, 3.8) is 0 Å². The Morgan fingerprint density at radius 3 is 2.68 bits per heavy atom. The van der Waals surface area contributed by atoms with Gasteiger partial charge in [-0.2, -0.15) is 0 Å². The molecule has 1 aromatic heterocycles. The average Bonchev–Trinajstić information content (AvgIpc) is 2.74. The summed E-state index contributed by atoms with van der Waals surface area (Å²) in [6.45, 7) is 7.42. The first-order valence-corrected chi connectivity index (χ1v) is 7.26. The van der Waals surface area contributed by atoms with Gasteiger partial charge in [0.2, 0.25) is 0 Å². The summed E-state index contributed by atoms with van der Waals surface area (Å²) in [4.78, 5) is 7.63. The van der Waals surface area contributed by atoms with Crippen LogP contribution in [0.25, 0.3) is 0 Å². The molecule has 1 aromatic carbocycles. The number of thiazole rings is 1. The SMILES string of the molecule is Cc1ccc(C(C)N(C)Cc2cnc(N)s2)c(C)c1. The predicted molar refractivity (Wildman–Crippen MR) is 82.3 cm³/mol. The minimum Gasteiger partial charge on any atom is -0.375 e. The van der Waals surface area contributed by atoms with Gasteiger partial charge in [-0.15, -0.1) is 11.3 Å². The number of hydrogen-bond donors (Lipinski definition) is 1. The third-order valence-electron chi connectivity index (χ3n) is 3.51. The van der Waals surface area contributed by atoms with Crippen LogP contribution in [-0.4, -0.2) is 16.9 Å². The summed E-state index contributed by atoms with van der Waals surface area (Å²) in [5.41, 5.74) is 9.71. The number of aryl methyl sites for hydroxylation is 2. The van der Waals surface area contributed by atoms with Gasteiger partial charge in [-0.05, 0) is 38.9 Å². The number of nitrogens with zero attached hydrogens (tertiary/aromatic N) is 2. The summed E-state index contributed by atoms with van der Waals surface area (Å²) < 4.78 is 0. The maximum absolute atomic E-state index is 5.67. The molecule has 102 valence electrons. The Labute approximate surface area is 119 Å². The van der Waals surface area contributed by atoms with Crippen LogP contribution in [0, 0.1) is 13.8 Å². The van der Waals surface area contributed by atoms with E-state index in [0.717, 1.165) is 6.54 Å². The molecule has 3 nitrogen and oxygen atoms in total. The van der Waals surface area contributed by atoms with Crippen molar-refractivity contribution in [1.82, 2.24) is 9.88 Å². The Hall–Kier alpha value is -1.39. The van der Waals surface area contributed by atoms with E-state index in [1.54, 1.807) is 11.3 Å². The molecule has 0 spiro atoms. The lowest BCUT2D eigenvalue weighted by Crippen LogP contribution is -2.22. The van der Waals surface area contributed by atoms with E-state index in [1.165, 1.54) is 21.6 Å². The smallest absolute Gasteiger partial charge is 0.180 e. The molecule has 0 amide bonds. The molecule has 2 N–H and O–H groups in total. The number of hydrogen-bond acceptors (Lipinski definition) is 4. The van der Waals surface area contributed by atoms with Crippen LogP contribution < -0.4 is 5.73 Å². The third-order valence-corrected chi connectivity index (χ3v) is 4.32.